The van der Waals surface area contributed by atoms with E-state index >= 15 is 0 Å². The van der Waals surface area contributed by atoms with E-state index in [1.807, 2.05) is 37.3 Å². The molecule has 1 atom stereocenters. The van der Waals surface area contributed by atoms with Gasteiger partial charge in [-0.3, -0.25) is 4.79 Å². The molecule has 0 radical (unpaired) electrons. The Morgan fingerprint density at radius 3 is 2.47 bits per heavy atom. The van der Waals surface area contributed by atoms with Crippen LogP contribution in [0.2, 0.25) is 0 Å². The molecule has 1 unspecified atom stereocenters. The van der Waals surface area contributed by atoms with Crippen LogP contribution in [0.1, 0.15) is 27.2 Å². The number of carbonyl (C=O) groups is 1. The number of nitrogens with one attached hydrogen (secondary N) is 1. The van der Waals surface area contributed by atoms with Crippen molar-refractivity contribution in [1.29, 1.82) is 0 Å². The second kappa shape index (κ2) is 6.94. The predicted octanol–water partition coefficient (Wildman–Crippen LogP) is 2.62. The smallest absolute Gasteiger partial charge is 0.261 e. The minimum Gasteiger partial charge on any atom is -0.481 e. The van der Waals surface area contributed by atoms with Crippen LogP contribution >= 0.6 is 0 Å². The fourth-order valence-electron chi connectivity index (χ4n) is 1.40. The summed E-state index contributed by atoms with van der Waals surface area (Å²) in [5.74, 6) is 1.15. The Hall–Kier alpha value is -1.51. The Kier molecular flexibility index (Phi) is 5.53. The summed E-state index contributed by atoms with van der Waals surface area (Å²) < 4.78 is 5.65. The van der Waals surface area contributed by atoms with Gasteiger partial charge in [0.25, 0.3) is 5.91 Å². The maximum atomic E-state index is 11.8. The number of rotatable bonds is 6. The summed E-state index contributed by atoms with van der Waals surface area (Å²) in [6.45, 7) is 6.77. The fraction of sp³-hybridized carbons (Fsp3) is 0.500. The molecule has 3 nitrogen and oxygen atoms in total. The van der Waals surface area contributed by atoms with Crippen LogP contribution < -0.4 is 10.1 Å². The molecule has 1 aromatic carbocycles. The summed E-state index contributed by atoms with van der Waals surface area (Å²) in [5.41, 5.74) is 0. The van der Waals surface area contributed by atoms with Crippen molar-refractivity contribution in [3.8, 4) is 5.75 Å². The summed E-state index contributed by atoms with van der Waals surface area (Å²) in [7, 11) is 0. The molecule has 0 bridgehead atoms. The minimum atomic E-state index is -0.406. The molecular weight excluding hydrogens is 214 g/mol. The van der Waals surface area contributed by atoms with Gasteiger partial charge in [-0.15, -0.1) is 0 Å². The first-order chi connectivity index (χ1) is 8.13. The van der Waals surface area contributed by atoms with Gasteiger partial charge in [-0.2, -0.15) is 0 Å². The third-order valence-electron chi connectivity index (χ3n) is 2.37. The van der Waals surface area contributed by atoms with Gasteiger partial charge in [0.1, 0.15) is 5.75 Å². The fourth-order valence-corrected chi connectivity index (χ4v) is 1.40. The molecule has 1 N–H and O–H groups in total. The van der Waals surface area contributed by atoms with E-state index in [0.29, 0.717) is 18.9 Å². The Morgan fingerprint density at radius 1 is 1.29 bits per heavy atom. The molecule has 0 saturated heterocycles. The summed E-state index contributed by atoms with van der Waals surface area (Å²) in [6.07, 6.45) is 0.259. The third kappa shape index (κ3) is 4.89. The molecule has 0 aliphatic carbocycles. The maximum absolute atomic E-state index is 11.8. The van der Waals surface area contributed by atoms with E-state index in [2.05, 4.69) is 19.2 Å². The number of hydrogen-bond acceptors (Lipinski definition) is 2. The first kappa shape index (κ1) is 13.6. The van der Waals surface area contributed by atoms with Crippen molar-refractivity contribution < 1.29 is 9.53 Å². The van der Waals surface area contributed by atoms with Gasteiger partial charge in [0.05, 0.1) is 0 Å². The molecular formula is C14H21NO2. The Morgan fingerprint density at radius 2 is 1.94 bits per heavy atom. The number of benzene rings is 1. The van der Waals surface area contributed by atoms with Crippen LogP contribution in [0.15, 0.2) is 30.3 Å². The molecule has 0 spiro atoms. The zero-order valence-electron chi connectivity index (χ0n) is 10.8. The first-order valence-electron chi connectivity index (χ1n) is 6.13. The number of para-hydroxylation sites is 1. The summed E-state index contributed by atoms with van der Waals surface area (Å²) >= 11 is 0. The van der Waals surface area contributed by atoms with Gasteiger partial charge in [-0.1, -0.05) is 39.0 Å². The average molecular weight is 235 g/mol. The third-order valence-corrected chi connectivity index (χ3v) is 2.37. The SMILES string of the molecule is CCC(Oc1ccccc1)C(=O)NCC(C)C. The lowest BCUT2D eigenvalue weighted by Crippen LogP contribution is -2.39. The zero-order valence-corrected chi connectivity index (χ0v) is 10.8. The molecule has 3 heteroatoms. The van der Waals surface area contributed by atoms with E-state index in [4.69, 9.17) is 4.74 Å². The monoisotopic (exact) mass is 235 g/mol. The van der Waals surface area contributed by atoms with Gasteiger partial charge in [-0.25, -0.2) is 0 Å². The zero-order chi connectivity index (χ0) is 12.7. The van der Waals surface area contributed by atoms with Crippen LogP contribution in [0.3, 0.4) is 0 Å². The van der Waals surface area contributed by atoms with Crippen LogP contribution in [-0.4, -0.2) is 18.6 Å². The average Bonchev–Trinajstić information content (AvgIpc) is 2.34. The number of ether oxygens (including phenoxy) is 1. The lowest BCUT2D eigenvalue weighted by atomic mass is 10.2. The van der Waals surface area contributed by atoms with Crippen LogP contribution in [0.25, 0.3) is 0 Å². The predicted molar refractivity (Wildman–Crippen MR) is 69.0 cm³/mol. The van der Waals surface area contributed by atoms with Crippen molar-refractivity contribution in [2.45, 2.75) is 33.3 Å². The van der Waals surface area contributed by atoms with E-state index in [0.717, 1.165) is 5.75 Å². The highest BCUT2D eigenvalue weighted by atomic mass is 16.5. The van der Waals surface area contributed by atoms with Crippen molar-refractivity contribution >= 4 is 5.91 Å². The van der Waals surface area contributed by atoms with Crippen molar-refractivity contribution in [2.75, 3.05) is 6.54 Å². The highest BCUT2D eigenvalue weighted by Crippen LogP contribution is 2.12. The Bertz CT molecular complexity index is 335. The van der Waals surface area contributed by atoms with Crippen LogP contribution in [0.5, 0.6) is 5.75 Å². The highest BCUT2D eigenvalue weighted by Gasteiger charge is 2.17. The molecule has 0 aliphatic heterocycles. The molecule has 0 aliphatic rings. The normalized spacial score (nSPS) is 12.2. The largest absolute Gasteiger partial charge is 0.481 e. The Labute approximate surface area is 103 Å². The van der Waals surface area contributed by atoms with Gasteiger partial charge in [-0.05, 0) is 24.5 Å². The number of carbonyl (C=O) groups excluding carboxylic acids is 1. The van der Waals surface area contributed by atoms with Crippen LogP contribution in [0, 0.1) is 5.92 Å². The summed E-state index contributed by atoms with van der Waals surface area (Å²) in [6, 6.07) is 9.44. The first-order valence-corrected chi connectivity index (χ1v) is 6.13. The summed E-state index contributed by atoms with van der Waals surface area (Å²) in [4.78, 5) is 11.8. The second-order valence-corrected chi connectivity index (χ2v) is 4.47. The maximum Gasteiger partial charge on any atom is 0.261 e. The molecule has 1 aromatic rings. The standard InChI is InChI=1S/C14H21NO2/c1-4-13(14(16)15-10-11(2)3)17-12-8-6-5-7-9-12/h5-9,11,13H,4,10H2,1-3H3,(H,15,16). The molecule has 94 valence electrons. The van der Waals surface area contributed by atoms with Gasteiger partial charge in [0.2, 0.25) is 0 Å². The molecule has 1 amide bonds. The minimum absolute atomic E-state index is 0.0370. The van der Waals surface area contributed by atoms with Gasteiger partial charge < -0.3 is 10.1 Å². The number of hydrogen-bond donors (Lipinski definition) is 1. The second-order valence-electron chi connectivity index (χ2n) is 4.47. The molecule has 0 aromatic heterocycles. The van der Waals surface area contributed by atoms with E-state index in [1.165, 1.54) is 0 Å². The quantitative estimate of drug-likeness (QED) is 0.823. The van der Waals surface area contributed by atoms with E-state index in [-0.39, 0.29) is 5.91 Å². The van der Waals surface area contributed by atoms with E-state index in [1.54, 1.807) is 0 Å². The van der Waals surface area contributed by atoms with Crippen LogP contribution in [0.4, 0.5) is 0 Å². The summed E-state index contributed by atoms with van der Waals surface area (Å²) in [5, 5.41) is 2.89. The topological polar surface area (TPSA) is 38.3 Å². The van der Waals surface area contributed by atoms with Crippen molar-refractivity contribution in [1.82, 2.24) is 5.32 Å². The van der Waals surface area contributed by atoms with Crippen molar-refractivity contribution in [2.24, 2.45) is 5.92 Å². The van der Waals surface area contributed by atoms with Gasteiger partial charge >= 0.3 is 0 Å². The van der Waals surface area contributed by atoms with E-state index < -0.39 is 6.10 Å². The highest BCUT2D eigenvalue weighted by molar-refractivity contribution is 5.81. The van der Waals surface area contributed by atoms with Gasteiger partial charge in [0, 0.05) is 6.54 Å². The molecule has 0 saturated carbocycles. The molecule has 0 fully saturated rings. The molecule has 17 heavy (non-hydrogen) atoms. The van der Waals surface area contributed by atoms with Crippen molar-refractivity contribution in [3.05, 3.63) is 30.3 Å². The molecule has 1 rings (SSSR count). The van der Waals surface area contributed by atoms with Crippen molar-refractivity contribution in [3.63, 3.8) is 0 Å². The lowest BCUT2D eigenvalue weighted by molar-refractivity contribution is -0.128. The Balaban J connectivity index is 2.51. The lowest BCUT2D eigenvalue weighted by Gasteiger charge is -2.17. The number of amides is 1. The van der Waals surface area contributed by atoms with Crippen LogP contribution in [-0.2, 0) is 4.79 Å². The van der Waals surface area contributed by atoms with Gasteiger partial charge in [0.15, 0.2) is 6.10 Å². The molecule has 0 heterocycles. The van der Waals surface area contributed by atoms with E-state index in [9.17, 15) is 4.79 Å².